The Morgan fingerprint density at radius 3 is 2.78 bits per heavy atom. The van der Waals surface area contributed by atoms with Crippen LogP contribution in [0.2, 0.25) is 5.02 Å². The van der Waals surface area contributed by atoms with Crippen LogP contribution in [0.1, 0.15) is 18.0 Å². The fourth-order valence-corrected chi connectivity index (χ4v) is 1.84. The maximum absolute atomic E-state index is 12.8. The number of carboxylic acids is 1. The van der Waals surface area contributed by atoms with Gasteiger partial charge in [0.15, 0.2) is 0 Å². The van der Waals surface area contributed by atoms with Gasteiger partial charge in [0, 0.05) is 12.4 Å². The minimum absolute atomic E-state index is 0.0506. The monoisotopic (exact) mass is 274 g/mol. The molecule has 96 valence electrons. The zero-order valence-corrected chi connectivity index (χ0v) is 9.81. The molecule has 2 aromatic heterocycles. The average Bonchev–Trinajstić information content (AvgIpc) is 2.67. The van der Waals surface area contributed by atoms with E-state index < -0.39 is 24.7 Å². The number of fused-ring (bicyclic) bond motifs is 1. The predicted molar refractivity (Wildman–Crippen MR) is 61.2 cm³/mol. The molecule has 0 aliphatic heterocycles. The Labute approximate surface area is 106 Å². The molecule has 2 heterocycles. The normalized spacial score (nSPS) is 13.1. The molecule has 0 aromatic carbocycles. The van der Waals surface area contributed by atoms with Gasteiger partial charge in [-0.15, -0.1) is 0 Å². The number of imidazole rings is 1. The summed E-state index contributed by atoms with van der Waals surface area (Å²) in [7, 11) is 0. The van der Waals surface area contributed by atoms with Gasteiger partial charge in [0.25, 0.3) is 0 Å². The van der Waals surface area contributed by atoms with E-state index in [0.717, 1.165) is 0 Å². The van der Waals surface area contributed by atoms with Gasteiger partial charge in [-0.1, -0.05) is 11.6 Å². The predicted octanol–water partition coefficient (Wildman–Crippen LogP) is 2.81. The van der Waals surface area contributed by atoms with Crippen LogP contribution in [0.4, 0.5) is 8.78 Å². The maximum atomic E-state index is 12.8. The number of alkyl halides is 2. The van der Waals surface area contributed by atoms with E-state index in [4.69, 9.17) is 16.7 Å². The molecule has 2 aromatic rings. The van der Waals surface area contributed by atoms with E-state index in [0.29, 0.717) is 10.7 Å². The molecule has 1 unspecified atom stereocenters. The molecule has 0 bridgehead atoms. The molecular formula is C11H9ClF2N2O2. The number of nitrogens with zero attached hydrogens (tertiary/aromatic N) is 2. The molecule has 0 saturated carbocycles. The lowest BCUT2D eigenvalue weighted by atomic mass is 10.0. The highest BCUT2D eigenvalue weighted by atomic mass is 35.5. The number of carboxylic acid groups (broad SMARTS) is 1. The zero-order valence-electron chi connectivity index (χ0n) is 9.05. The highest BCUT2D eigenvalue weighted by Gasteiger charge is 2.27. The molecule has 0 radical (unpaired) electrons. The van der Waals surface area contributed by atoms with E-state index in [-0.39, 0.29) is 5.69 Å². The number of aliphatic carboxylic acids is 1. The third-order valence-electron chi connectivity index (χ3n) is 2.51. The summed E-state index contributed by atoms with van der Waals surface area (Å²) in [6.07, 6.45) is -0.533. The number of hydrogen-bond donors (Lipinski definition) is 1. The quantitative estimate of drug-likeness (QED) is 0.933. The van der Waals surface area contributed by atoms with Crippen LogP contribution in [0.5, 0.6) is 0 Å². The molecule has 1 N–H and O–H groups in total. The SMILES string of the molecule is O=C(O)CC(c1cn2cc(Cl)ccc2n1)C(F)F. The van der Waals surface area contributed by atoms with Crippen molar-refractivity contribution in [1.82, 2.24) is 9.38 Å². The maximum Gasteiger partial charge on any atom is 0.304 e. The van der Waals surface area contributed by atoms with E-state index in [2.05, 4.69) is 4.98 Å². The molecule has 0 aliphatic rings. The van der Waals surface area contributed by atoms with Crippen molar-refractivity contribution in [1.29, 1.82) is 0 Å². The second-order valence-corrected chi connectivity index (χ2v) is 4.25. The first kappa shape index (κ1) is 12.8. The fraction of sp³-hybridized carbons (Fsp3) is 0.273. The zero-order chi connectivity index (χ0) is 13.3. The van der Waals surface area contributed by atoms with Gasteiger partial charge >= 0.3 is 5.97 Å². The molecule has 0 fully saturated rings. The number of halogens is 3. The van der Waals surface area contributed by atoms with Crippen LogP contribution < -0.4 is 0 Å². The van der Waals surface area contributed by atoms with E-state index in [9.17, 15) is 13.6 Å². The van der Waals surface area contributed by atoms with Crippen LogP contribution in [0.15, 0.2) is 24.5 Å². The third kappa shape index (κ3) is 2.59. The minimum atomic E-state index is -2.78. The lowest BCUT2D eigenvalue weighted by molar-refractivity contribution is -0.138. The first-order chi connectivity index (χ1) is 8.47. The van der Waals surface area contributed by atoms with Crippen LogP contribution in [0, 0.1) is 0 Å². The number of rotatable bonds is 4. The van der Waals surface area contributed by atoms with Crippen molar-refractivity contribution in [2.24, 2.45) is 0 Å². The van der Waals surface area contributed by atoms with Gasteiger partial charge in [-0.05, 0) is 12.1 Å². The van der Waals surface area contributed by atoms with Crippen LogP contribution in [-0.2, 0) is 4.79 Å². The highest BCUT2D eigenvalue weighted by molar-refractivity contribution is 6.30. The molecule has 0 spiro atoms. The third-order valence-corrected chi connectivity index (χ3v) is 2.74. The summed E-state index contributed by atoms with van der Waals surface area (Å²) in [6, 6.07) is 3.16. The van der Waals surface area contributed by atoms with Gasteiger partial charge in [-0.25, -0.2) is 13.8 Å². The molecule has 4 nitrogen and oxygen atoms in total. The van der Waals surface area contributed by atoms with Crippen LogP contribution >= 0.6 is 11.6 Å². The van der Waals surface area contributed by atoms with Crippen molar-refractivity contribution in [3.8, 4) is 0 Å². The Bertz CT molecular complexity index is 585. The summed E-state index contributed by atoms with van der Waals surface area (Å²) < 4.78 is 27.1. The largest absolute Gasteiger partial charge is 0.481 e. The van der Waals surface area contributed by atoms with E-state index >= 15 is 0 Å². The molecule has 7 heteroatoms. The Hall–Kier alpha value is -1.69. The summed E-state index contributed by atoms with van der Waals surface area (Å²) in [5.74, 6) is -2.70. The summed E-state index contributed by atoms with van der Waals surface area (Å²) in [5.41, 5.74) is 0.500. The smallest absolute Gasteiger partial charge is 0.304 e. The molecule has 0 saturated heterocycles. The van der Waals surface area contributed by atoms with Crippen molar-refractivity contribution in [2.75, 3.05) is 0 Å². The van der Waals surface area contributed by atoms with Gasteiger partial charge in [-0.2, -0.15) is 0 Å². The molecular weight excluding hydrogens is 266 g/mol. The van der Waals surface area contributed by atoms with Crippen molar-refractivity contribution in [3.05, 3.63) is 35.2 Å². The summed E-state index contributed by atoms with van der Waals surface area (Å²) >= 11 is 5.76. The van der Waals surface area contributed by atoms with Gasteiger partial charge in [0.1, 0.15) is 5.65 Å². The second kappa shape index (κ2) is 4.89. The first-order valence-electron chi connectivity index (χ1n) is 5.11. The van der Waals surface area contributed by atoms with Crippen molar-refractivity contribution in [2.45, 2.75) is 18.8 Å². The van der Waals surface area contributed by atoms with Crippen molar-refractivity contribution < 1.29 is 18.7 Å². The van der Waals surface area contributed by atoms with Crippen LogP contribution in [0.3, 0.4) is 0 Å². The lowest BCUT2D eigenvalue weighted by Crippen LogP contribution is -2.14. The van der Waals surface area contributed by atoms with Gasteiger partial charge < -0.3 is 9.51 Å². The van der Waals surface area contributed by atoms with Crippen molar-refractivity contribution >= 4 is 23.2 Å². The number of aromatic nitrogens is 2. The standard InChI is InChI=1S/C11H9ClF2N2O2/c12-6-1-2-9-15-8(5-16(9)4-6)7(11(13)14)3-10(17)18/h1-2,4-5,7,11H,3H2,(H,17,18). The highest BCUT2D eigenvalue weighted by Crippen LogP contribution is 2.26. The average molecular weight is 275 g/mol. The van der Waals surface area contributed by atoms with Crippen molar-refractivity contribution in [3.63, 3.8) is 0 Å². The van der Waals surface area contributed by atoms with E-state index in [1.807, 2.05) is 0 Å². The Morgan fingerprint density at radius 2 is 2.17 bits per heavy atom. The summed E-state index contributed by atoms with van der Waals surface area (Å²) in [5, 5.41) is 9.07. The molecule has 0 amide bonds. The molecule has 1 atom stereocenters. The number of hydrogen-bond acceptors (Lipinski definition) is 2. The Kier molecular flexibility index (Phi) is 3.47. The Balaban J connectivity index is 2.41. The van der Waals surface area contributed by atoms with Crippen LogP contribution in [-0.4, -0.2) is 26.9 Å². The Morgan fingerprint density at radius 1 is 1.44 bits per heavy atom. The van der Waals surface area contributed by atoms with Gasteiger partial charge in [-0.3, -0.25) is 4.79 Å². The molecule has 18 heavy (non-hydrogen) atoms. The molecule has 2 rings (SSSR count). The van der Waals surface area contributed by atoms with Gasteiger partial charge in [0.2, 0.25) is 6.43 Å². The fourth-order valence-electron chi connectivity index (χ4n) is 1.67. The first-order valence-corrected chi connectivity index (χ1v) is 5.49. The van der Waals surface area contributed by atoms with Crippen LogP contribution in [0.25, 0.3) is 5.65 Å². The second-order valence-electron chi connectivity index (χ2n) is 3.82. The molecule has 0 aliphatic carbocycles. The number of pyridine rings is 1. The lowest BCUT2D eigenvalue weighted by Gasteiger charge is -2.09. The minimum Gasteiger partial charge on any atom is -0.481 e. The van der Waals surface area contributed by atoms with E-state index in [1.165, 1.54) is 16.8 Å². The summed E-state index contributed by atoms with van der Waals surface area (Å²) in [4.78, 5) is 14.6. The van der Waals surface area contributed by atoms with Gasteiger partial charge in [0.05, 0.1) is 23.1 Å². The number of carbonyl (C=O) groups is 1. The summed E-state index contributed by atoms with van der Waals surface area (Å²) in [6.45, 7) is 0. The van der Waals surface area contributed by atoms with E-state index in [1.54, 1.807) is 12.1 Å². The topological polar surface area (TPSA) is 54.6 Å².